The summed E-state index contributed by atoms with van der Waals surface area (Å²) >= 11 is 0. The van der Waals surface area contributed by atoms with Gasteiger partial charge in [0.1, 0.15) is 5.84 Å². The predicted octanol–water partition coefficient (Wildman–Crippen LogP) is 3.90. The molecular formula is C21H33N3O4. The molecule has 0 unspecified atom stereocenters. The molecule has 0 bridgehead atoms. The van der Waals surface area contributed by atoms with Crippen LogP contribution in [-0.2, 0) is 11.3 Å². The van der Waals surface area contributed by atoms with Gasteiger partial charge in [-0.25, -0.2) is 4.79 Å². The highest BCUT2D eigenvalue weighted by molar-refractivity contribution is 5.87. The lowest BCUT2D eigenvalue weighted by Gasteiger charge is -2.45. The first-order chi connectivity index (χ1) is 13.2. The minimum absolute atomic E-state index is 0.117. The molecule has 4 N–H and O–H groups in total. The molecular weight excluding hydrogens is 358 g/mol. The van der Waals surface area contributed by atoms with Crippen molar-refractivity contribution in [2.24, 2.45) is 22.2 Å². The smallest absolute Gasteiger partial charge is 0.407 e. The van der Waals surface area contributed by atoms with Crippen molar-refractivity contribution in [3.8, 4) is 0 Å². The minimum Gasteiger partial charge on any atom is -0.465 e. The van der Waals surface area contributed by atoms with E-state index >= 15 is 0 Å². The van der Waals surface area contributed by atoms with Crippen molar-refractivity contribution < 1.29 is 19.8 Å². The molecule has 0 aromatic heterocycles. The van der Waals surface area contributed by atoms with Crippen molar-refractivity contribution in [2.45, 2.75) is 58.6 Å². The molecule has 156 valence electrons. The van der Waals surface area contributed by atoms with Crippen LogP contribution in [-0.4, -0.2) is 45.8 Å². The highest BCUT2D eigenvalue weighted by Crippen LogP contribution is 2.41. The van der Waals surface area contributed by atoms with Gasteiger partial charge in [0.15, 0.2) is 0 Å². The van der Waals surface area contributed by atoms with Crippen LogP contribution in [0.1, 0.15) is 52.0 Å². The standard InChI is InChI=1S/C21H33N3O4/c1-20(2,3)24(19(25)26)15-21(18(22)23-27)11-9-17(10-12-21)14-28-13-16-7-5-4-6-8-16/h4-8,17,27H,9-15H2,1-3H3,(H2,22,23)(H,25,26)/t17-,21+. The Morgan fingerprint density at radius 1 is 1.29 bits per heavy atom. The molecule has 0 aliphatic heterocycles. The quantitative estimate of drug-likeness (QED) is 0.283. The summed E-state index contributed by atoms with van der Waals surface area (Å²) in [5.41, 5.74) is 5.98. The van der Waals surface area contributed by atoms with Crippen molar-refractivity contribution in [3.05, 3.63) is 35.9 Å². The molecule has 0 heterocycles. The molecule has 1 aliphatic carbocycles. The lowest BCUT2D eigenvalue weighted by Crippen LogP contribution is -2.55. The zero-order valence-corrected chi connectivity index (χ0v) is 17.1. The number of rotatable bonds is 7. The molecule has 1 aromatic rings. The maximum atomic E-state index is 11.8. The van der Waals surface area contributed by atoms with Gasteiger partial charge in [-0.15, -0.1) is 0 Å². The number of amides is 1. The summed E-state index contributed by atoms with van der Waals surface area (Å²) in [5.74, 6) is 0.503. The topological polar surface area (TPSA) is 108 Å². The Labute approximate surface area is 167 Å². The summed E-state index contributed by atoms with van der Waals surface area (Å²) in [7, 11) is 0. The Kier molecular flexibility index (Phi) is 7.29. The van der Waals surface area contributed by atoms with Gasteiger partial charge in [-0.2, -0.15) is 0 Å². The molecule has 0 spiro atoms. The molecule has 7 heteroatoms. The van der Waals surface area contributed by atoms with Gasteiger partial charge in [-0.1, -0.05) is 35.5 Å². The number of oxime groups is 1. The third kappa shape index (κ3) is 5.61. The van der Waals surface area contributed by atoms with Gasteiger partial charge in [0.05, 0.1) is 6.61 Å². The zero-order chi connectivity index (χ0) is 20.8. The number of benzene rings is 1. The van der Waals surface area contributed by atoms with Crippen LogP contribution in [0.2, 0.25) is 0 Å². The Balaban J connectivity index is 1.98. The maximum absolute atomic E-state index is 11.8. The minimum atomic E-state index is -0.995. The lowest BCUT2D eigenvalue weighted by molar-refractivity contribution is 0.0385. The van der Waals surface area contributed by atoms with Gasteiger partial charge in [0, 0.05) is 24.1 Å². The van der Waals surface area contributed by atoms with Crippen LogP contribution in [0.4, 0.5) is 4.79 Å². The van der Waals surface area contributed by atoms with Crippen LogP contribution in [0.15, 0.2) is 35.5 Å². The van der Waals surface area contributed by atoms with Gasteiger partial charge < -0.3 is 25.7 Å². The third-order valence-electron chi connectivity index (χ3n) is 5.68. The molecule has 28 heavy (non-hydrogen) atoms. The van der Waals surface area contributed by atoms with E-state index in [-0.39, 0.29) is 12.4 Å². The van der Waals surface area contributed by atoms with E-state index in [4.69, 9.17) is 10.5 Å². The third-order valence-corrected chi connectivity index (χ3v) is 5.68. The summed E-state index contributed by atoms with van der Waals surface area (Å²) < 4.78 is 5.87. The van der Waals surface area contributed by atoms with E-state index in [9.17, 15) is 15.1 Å². The second kappa shape index (κ2) is 9.28. The fourth-order valence-electron chi connectivity index (χ4n) is 3.81. The van der Waals surface area contributed by atoms with E-state index in [1.807, 2.05) is 51.1 Å². The van der Waals surface area contributed by atoms with E-state index in [2.05, 4.69) is 5.16 Å². The summed E-state index contributed by atoms with van der Waals surface area (Å²) in [6, 6.07) is 10.0. The first-order valence-electron chi connectivity index (χ1n) is 9.78. The maximum Gasteiger partial charge on any atom is 0.407 e. The fourth-order valence-corrected chi connectivity index (χ4v) is 3.81. The summed E-state index contributed by atoms with van der Waals surface area (Å²) in [6.07, 6.45) is 2.04. The fraction of sp³-hybridized carbons (Fsp3) is 0.619. The average Bonchev–Trinajstić information content (AvgIpc) is 2.66. The monoisotopic (exact) mass is 391 g/mol. The van der Waals surface area contributed by atoms with E-state index in [1.54, 1.807) is 0 Å². The van der Waals surface area contributed by atoms with Gasteiger partial charge >= 0.3 is 6.09 Å². The van der Waals surface area contributed by atoms with E-state index in [0.29, 0.717) is 32.0 Å². The molecule has 7 nitrogen and oxygen atoms in total. The molecule has 2 rings (SSSR count). The Morgan fingerprint density at radius 3 is 2.39 bits per heavy atom. The summed E-state index contributed by atoms with van der Waals surface area (Å²) in [6.45, 7) is 7.01. The Morgan fingerprint density at radius 2 is 1.89 bits per heavy atom. The molecule has 1 fully saturated rings. The van der Waals surface area contributed by atoms with Crippen LogP contribution in [0, 0.1) is 11.3 Å². The SMILES string of the molecule is CC(C)(C)N(C[C@]1(/C(N)=N\O)CC[C@@H](COCc2ccccc2)CC1)C(=O)O. The molecule has 0 radical (unpaired) electrons. The molecule has 1 saturated carbocycles. The summed E-state index contributed by atoms with van der Waals surface area (Å²) in [4.78, 5) is 13.2. The number of carboxylic acid groups (broad SMARTS) is 1. The first-order valence-corrected chi connectivity index (χ1v) is 9.78. The second-order valence-electron chi connectivity index (χ2n) is 8.75. The Hall–Kier alpha value is -2.28. The number of nitrogens with zero attached hydrogens (tertiary/aromatic N) is 2. The number of hydrogen-bond donors (Lipinski definition) is 3. The van der Waals surface area contributed by atoms with Crippen molar-refractivity contribution in [1.82, 2.24) is 4.90 Å². The van der Waals surface area contributed by atoms with Crippen molar-refractivity contribution in [2.75, 3.05) is 13.2 Å². The number of hydrogen-bond acceptors (Lipinski definition) is 4. The number of carbonyl (C=O) groups is 1. The van der Waals surface area contributed by atoms with Crippen LogP contribution in [0.25, 0.3) is 0 Å². The molecule has 1 aliphatic rings. The van der Waals surface area contributed by atoms with E-state index < -0.39 is 17.0 Å². The highest BCUT2D eigenvalue weighted by atomic mass is 16.5. The van der Waals surface area contributed by atoms with Crippen molar-refractivity contribution in [1.29, 1.82) is 0 Å². The van der Waals surface area contributed by atoms with Crippen molar-refractivity contribution >= 4 is 11.9 Å². The molecule has 0 atom stereocenters. The zero-order valence-electron chi connectivity index (χ0n) is 17.1. The van der Waals surface area contributed by atoms with Crippen molar-refractivity contribution in [3.63, 3.8) is 0 Å². The van der Waals surface area contributed by atoms with Crippen LogP contribution in [0.3, 0.4) is 0 Å². The summed E-state index contributed by atoms with van der Waals surface area (Å²) in [5, 5.41) is 22.2. The van der Waals surface area contributed by atoms with E-state index in [0.717, 1.165) is 18.4 Å². The van der Waals surface area contributed by atoms with Gasteiger partial charge in [-0.05, 0) is 57.9 Å². The largest absolute Gasteiger partial charge is 0.465 e. The Bertz CT molecular complexity index is 662. The van der Waals surface area contributed by atoms with Gasteiger partial charge in [0.25, 0.3) is 0 Å². The van der Waals surface area contributed by atoms with Gasteiger partial charge in [0.2, 0.25) is 0 Å². The van der Waals surface area contributed by atoms with Gasteiger partial charge in [-0.3, -0.25) is 0 Å². The number of ether oxygens (including phenoxy) is 1. The number of amidine groups is 1. The van der Waals surface area contributed by atoms with E-state index in [1.165, 1.54) is 4.90 Å². The van der Waals surface area contributed by atoms with Crippen LogP contribution in [0.5, 0.6) is 0 Å². The molecule has 1 aromatic carbocycles. The normalized spacial score (nSPS) is 23.4. The lowest BCUT2D eigenvalue weighted by atomic mass is 9.69. The molecule has 0 saturated heterocycles. The predicted molar refractivity (Wildman–Crippen MR) is 108 cm³/mol. The average molecular weight is 392 g/mol. The highest BCUT2D eigenvalue weighted by Gasteiger charge is 2.44. The van der Waals surface area contributed by atoms with Crippen LogP contribution >= 0.6 is 0 Å². The second-order valence-corrected chi connectivity index (χ2v) is 8.75. The van der Waals surface area contributed by atoms with Crippen LogP contribution < -0.4 is 5.73 Å². The molecule has 1 amide bonds. The first kappa shape index (κ1) is 22.0. The number of nitrogens with two attached hydrogens (primary N) is 1.